The van der Waals surface area contributed by atoms with Crippen molar-refractivity contribution in [3.05, 3.63) is 40.8 Å². The van der Waals surface area contributed by atoms with E-state index in [1.807, 2.05) is 18.2 Å². The lowest BCUT2D eigenvalue weighted by Crippen LogP contribution is -2.43. The van der Waals surface area contributed by atoms with Crippen LogP contribution in [-0.2, 0) is 11.3 Å². The highest BCUT2D eigenvalue weighted by Gasteiger charge is 2.18. The molecule has 0 spiro atoms. The number of nitrogens with one attached hydrogen (secondary N) is 1. The topological polar surface area (TPSA) is 63.6 Å². The van der Waals surface area contributed by atoms with Gasteiger partial charge in [0, 0.05) is 36.6 Å². The molecule has 2 aromatic rings. The molecule has 3 rings (SSSR count). The van der Waals surface area contributed by atoms with Crippen molar-refractivity contribution >= 4 is 22.5 Å². The molecule has 0 atom stereocenters. The fourth-order valence-corrected chi connectivity index (χ4v) is 2.93. The number of rotatable bonds is 3. The highest BCUT2D eigenvalue weighted by atomic mass is 16.5. The number of anilines is 1. The Balaban J connectivity index is 1.97. The molecule has 128 valence electrons. The Hall–Kier alpha value is -2.34. The maximum absolute atomic E-state index is 12.6. The molecule has 2 amide bonds. The van der Waals surface area contributed by atoms with Crippen LogP contribution in [0.3, 0.4) is 0 Å². The number of aromatic nitrogens is 1. The van der Waals surface area contributed by atoms with Crippen LogP contribution in [-0.4, -0.2) is 41.8 Å². The lowest BCUT2D eigenvalue weighted by Gasteiger charge is -2.27. The van der Waals surface area contributed by atoms with E-state index in [1.54, 1.807) is 21.7 Å². The standard InChI is InChI=1S/C18H23N3O3/c1-13(2)11-21-12-16(14-5-3-4-6-15(14)17(21)22)19-18(23)20-7-9-24-10-8-20/h3-6,12-13H,7-11H2,1-2H3,(H,19,23). The number of amides is 2. The number of ether oxygens (including phenoxy) is 1. The lowest BCUT2D eigenvalue weighted by molar-refractivity contribution is 0.0564. The number of benzene rings is 1. The molecule has 1 N–H and O–H groups in total. The number of carbonyl (C=O) groups excluding carboxylic acids is 1. The summed E-state index contributed by atoms with van der Waals surface area (Å²) in [5, 5.41) is 4.36. The smallest absolute Gasteiger partial charge is 0.322 e. The summed E-state index contributed by atoms with van der Waals surface area (Å²) in [6.45, 7) is 7.01. The van der Waals surface area contributed by atoms with Crippen LogP contribution in [0, 0.1) is 5.92 Å². The predicted molar refractivity (Wildman–Crippen MR) is 94.5 cm³/mol. The van der Waals surface area contributed by atoms with Crippen LogP contribution in [0.15, 0.2) is 35.3 Å². The third kappa shape index (κ3) is 3.43. The summed E-state index contributed by atoms with van der Waals surface area (Å²) in [4.78, 5) is 26.9. The van der Waals surface area contributed by atoms with Crippen molar-refractivity contribution in [3.8, 4) is 0 Å². The second-order valence-corrected chi connectivity index (χ2v) is 6.47. The van der Waals surface area contributed by atoms with Gasteiger partial charge >= 0.3 is 6.03 Å². The van der Waals surface area contributed by atoms with E-state index in [2.05, 4.69) is 19.2 Å². The minimum Gasteiger partial charge on any atom is -0.378 e. The van der Waals surface area contributed by atoms with Crippen molar-refractivity contribution in [2.75, 3.05) is 31.6 Å². The van der Waals surface area contributed by atoms with E-state index in [0.717, 1.165) is 5.39 Å². The Morgan fingerprint density at radius 1 is 1.21 bits per heavy atom. The van der Waals surface area contributed by atoms with E-state index in [1.165, 1.54) is 0 Å². The average molecular weight is 329 g/mol. The van der Waals surface area contributed by atoms with Gasteiger partial charge in [0.15, 0.2) is 0 Å². The van der Waals surface area contributed by atoms with Gasteiger partial charge in [-0.05, 0) is 12.0 Å². The van der Waals surface area contributed by atoms with Gasteiger partial charge in [-0.1, -0.05) is 32.0 Å². The first-order valence-electron chi connectivity index (χ1n) is 8.32. The first-order valence-corrected chi connectivity index (χ1v) is 8.32. The van der Waals surface area contributed by atoms with Gasteiger partial charge in [0.05, 0.1) is 18.9 Å². The SMILES string of the molecule is CC(C)Cn1cc(NC(=O)N2CCOCC2)c2ccccc2c1=O. The molecule has 1 fully saturated rings. The predicted octanol–water partition coefficient (Wildman–Crippen LogP) is 2.52. The van der Waals surface area contributed by atoms with Crippen molar-refractivity contribution < 1.29 is 9.53 Å². The van der Waals surface area contributed by atoms with Crippen molar-refractivity contribution in [1.82, 2.24) is 9.47 Å². The van der Waals surface area contributed by atoms with Gasteiger partial charge < -0.3 is 19.5 Å². The Labute approximate surface area is 141 Å². The summed E-state index contributed by atoms with van der Waals surface area (Å²) in [5.41, 5.74) is 0.644. The molecule has 1 saturated heterocycles. The van der Waals surface area contributed by atoms with Gasteiger partial charge in [-0.25, -0.2) is 4.79 Å². The van der Waals surface area contributed by atoms with E-state index in [4.69, 9.17) is 4.74 Å². The monoisotopic (exact) mass is 329 g/mol. The van der Waals surface area contributed by atoms with Crippen LogP contribution in [0.4, 0.5) is 10.5 Å². The van der Waals surface area contributed by atoms with E-state index < -0.39 is 0 Å². The lowest BCUT2D eigenvalue weighted by atomic mass is 10.1. The highest BCUT2D eigenvalue weighted by Crippen LogP contribution is 2.21. The summed E-state index contributed by atoms with van der Waals surface area (Å²) in [7, 11) is 0. The molecular formula is C18H23N3O3. The molecule has 6 nitrogen and oxygen atoms in total. The average Bonchev–Trinajstić information content (AvgIpc) is 2.59. The largest absolute Gasteiger partial charge is 0.378 e. The van der Waals surface area contributed by atoms with Crippen molar-refractivity contribution in [2.45, 2.75) is 20.4 Å². The Morgan fingerprint density at radius 3 is 2.54 bits per heavy atom. The van der Waals surface area contributed by atoms with Gasteiger partial charge in [0.1, 0.15) is 0 Å². The molecule has 6 heteroatoms. The van der Waals surface area contributed by atoms with E-state index in [-0.39, 0.29) is 11.6 Å². The summed E-state index contributed by atoms with van der Waals surface area (Å²) < 4.78 is 6.96. The normalized spacial score (nSPS) is 15.0. The highest BCUT2D eigenvalue weighted by molar-refractivity contribution is 6.00. The molecule has 0 aliphatic carbocycles. The second kappa shape index (κ2) is 7.05. The number of morpholine rings is 1. The first-order chi connectivity index (χ1) is 11.6. The molecule has 24 heavy (non-hydrogen) atoms. The Kier molecular flexibility index (Phi) is 4.85. The number of carbonyl (C=O) groups is 1. The third-order valence-electron chi connectivity index (χ3n) is 4.10. The van der Waals surface area contributed by atoms with Gasteiger partial charge in [0.25, 0.3) is 5.56 Å². The van der Waals surface area contributed by atoms with Gasteiger partial charge in [-0.3, -0.25) is 4.79 Å². The van der Waals surface area contributed by atoms with Crippen LogP contribution in [0.1, 0.15) is 13.8 Å². The second-order valence-electron chi connectivity index (χ2n) is 6.47. The fraction of sp³-hybridized carbons (Fsp3) is 0.444. The number of hydrogen-bond donors (Lipinski definition) is 1. The van der Waals surface area contributed by atoms with Gasteiger partial charge in [-0.2, -0.15) is 0 Å². The van der Waals surface area contributed by atoms with Crippen molar-refractivity contribution in [2.24, 2.45) is 5.92 Å². The molecule has 1 aliphatic heterocycles. The number of urea groups is 1. The molecule has 0 radical (unpaired) electrons. The number of hydrogen-bond acceptors (Lipinski definition) is 3. The zero-order chi connectivity index (χ0) is 17.1. The zero-order valence-electron chi connectivity index (χ0n) is 14.1. The summed E-state index contributed by atoms with van der Waals surface area (Å²) in [6.07, 6.45) is 1.75. The van der Waals surface area contributed by atoms with Crippen LogP contribution in [0.25, 0.3) is 10.8 Å². The summed E-state index contributed by atoms with van der Waals surface area (Å²) in [6, 6.07) is 7.23. The van der Waals surface area contributed by atoms with Crippen LogP contribution in [0.5, 0.6) is 0 Å². The minimum absolute atomic E-state index is 0.0244. The molecular weight excluding hydrogens is 306 g/mol. The Morgan fingerprint density at radius 2 is 1.88 bits per heavy atom. The van der Waals surface area contributed by atoms with Gasteiger partial charge in [0.2, 0.25) is 0 Å². The van der Waals surface area contributed by atoms with Crippen molar-refractivity contribution in [1.29, 1.82) is 0 Å². The van der Waals surface area contributed by atoms with Crippen molar-refractivity contribution in [3.63, 3.8) is 0 Å². The third-order valence-corrected chi connectivity index (χ3v) is 4.10. The number of nitrogens with zero attached hydrogens (tertiary/aromatic N) is 2. The van der Waals surface area contributed by atoms with E-state index in [9.17, 15) is 9.59 Å². The van der Waals surface area contributed by atoms with E-state index >= 15 is 0 Å². The van der Waals surface area contributed by atoms with E-state index in [0.29, 0.717) is 49.8 Å². The summed E-state index contributed by atoms with van der Waals surface area (Å²) in [5.74, 6) is 0.339. The summed E-state index contributed by atoms with van der Waals surface area (Å²) >= 11 is 0. The molecule has 2 heterocycles. The van der Waals surface area contributed by atoms with Gasteiger partial charge in [-0.15, -0.1) is 0 Å². The quantitative estimate of drug-likeness (QED) is 0.941. The molecule has 0 saturated carbocycles. The molecule has 1 aliphatic rings. The molecule has 0 unspecified atom stereocenters. The van der Waals surface area contributed by atoms with Crippen LogP contribution < -0.4 is 10.9 Å². The van der Waals surface area contributed by atoms with Crippen LogP contribution >= 0.6 is 0 Å². The first kappa shape index (κ1) is 16.5. The number of fused-ring (bicyclic) bond motifs is 1. The van der Waals surface area contributed by atoms with Crippen LogP contribution in [0.2, 0.25) is 0 Å². The maximum Gasteiger partial charge on any atom is 0.322 e. The molecule has 1 aromatic heterocycles. The minimum atomic E-state index is -0.154. The fourth-order valence-electron chi connectivity index (χ4n) is 2.93. The Bertz CT molecular complexity index is 792. The molecule has 1 aromatic carbocycles. The zero-order valence-corrected chi connectivity index (χ0v) is 14.1. The maximum atomic E-state index is 12.6. The number of pyridine rings is 1. The molecule has 0 bridgehead atoms.